The molecule has 1 fully saturated rings. The first-order valence-corrected chi connectivity index (χ1v) is 14.1. The van der Waals surface area contributed by atoms with Crippen molar-refractivity contribution in [1.29, 1.82) is 0 Å². The fourth-order valence-corrected chi connectivity index (χ4v) is 5.55. The molecule has 3 heterocycles. The topological polar surface area (TPSA) is 120 Å². The molecule has 2 aromatic heterocycles. The standard InChI is InChI=1S/C29H35ClN6O4/c1-29(2,3)40-28(38)32-17-25(37)33-21-15-19-14-20(30)9-12-23(19)36-24(16-21)34-35-27(36)18-7-10-22(11-8-18)39-26-6-4-5-13-31-26/h4-6,9,12-14,18,21-22H,7-8,10-11,15-17H2,1-3H3,(H,32,38)(H,33,37). The zero-order valence-electron chi connectivity index (χ0n) is 23.0. The minimum atomic E-state index is -0.641. The molecule has 40 heavy (non-hydrogen) atoms. The maximum atomic E-state index is 12.7. The minimum absolute atomic E-state index is 0.123. The monoisotopic (exact) mass is 566 g/mol. The van der Waals surface area contributed by atoms with Gasteiger partial charge in [-0.2, -0.15) is 0 Å². The van der Waals surface area contributed by atoms with Gasteiger partial charge in [0.2, 0.25) is 11.8 Å². The summed E-state index contributed by atoms with van der Waals surface area (Å²) in [5.74, 6) is 2.29. The number of hydrogen-bond donors (Lipinski definition) is 2. The number of pyridine rings is 1. The summed E-state index contributed by atoms with van der Waals surface area (Å²) in [5.41, 5.74) is 1.34. The summed E-state index contributed by atoms with van der Waals surface area (Å²) in [7, 11) is 0. The quantitative estimate of drug-likeness (QED) is 0.450. The highest BCUT2D eigenvalue weighted by atomic mass is 35.5. The molecular formula is C29H35ClN6O4. The molecule has 0 bridgehead atoms. The number of nitrogens with zero attached hydrogens (tertiary/aromatic N) is 4. The Balaban J connectivity index is 1.29. The van der Waals surface area contributed by atoms with Crippen LogP contribution in [-0.4, -0.2) is 56.0 Å². The number of carbonyl (C=O) groups excluding carboxylic acids is 2. The third kappa shape index (κ3) is 6.91. The Bertz CT molecular complexity index is 1350. The first-order chi connectivity index (χ1) is 19.1. The van der Waals surface area contributed by atoms with E-state index in [1.165, 1.54) is 0 Å². The molecule has 3 aromatic rings. The Morgan fingerprint density at radius 3 is 2.60 bits per heavy atom. The van der Waals surface area contributed by atoms with Gasteiger partial charge in [0.15, 0.2) is 0 Å². The van der Waals surface area contributed by atoms with E-state index >= 15 is 0 Å². The largest absolute Gasteiger partial charge is 0.474 e. The maximum Gasteiger partial charge on any atom is 0.408 e. The van der Waals surface area contributed by atoms with E-state index in [1.807, 2.05) is 36.4 Å². The smallest absolute Gasteiger partial charge is 0.408 e. The normalized spacial score (nSPS) is 20.4. The Morgan fingerprint density at radius 1 is 1.07 bits per heavy atom. The maximum absolute atomic E-state index is 12.7. The molecule has 11 heteroatoms. The van der Waals surface area contributed by atoms with E-state index in [4.69, 9.17) is 21.1 Å². The number of nitrogens with one attached hydrogen (secondary N) is 2. The molecule has 2 amide bonds. The summed E-state index contributed by atoms with van der Waals surface area (Å²) < 4.78 is 13.5. The zero-order valence-corrected chi connectivity index (χ0v) is 23.8. The Hall–Kier alpha value is -3.66. The molecule has 1 saturated carbocycles. The first-order valence-electron chi connectivity index (χ1n) is 13.7. The van der Waals surface area contributed by atoms with Gasteiger partial charge in [-0.05, 0) is 82.7 Å². The minimum Gasteiger partial charge on any atom is -0.474 e. The van der Waals surface area contributed by atoms with Gasteiger partial charge in [0.05, 0.1) is 5.69 Å². The summed E-state index contributed by atoms with van der Waals surface area (Å²) >= 11 is 6.38. The van der Waals surface area contributed by atoms with E-state index < -0.39 is 11.7 Å². The van der Waals surface area contributed by atoms with E-state index in [2.05, 4.69) is 30.4 Å². The fraction of sp³-hybridized carbons (Fsp3) is 0.483. The second kappa shape index (κ2) is 11.8. The number of carbonyl (C=O) groups is 2. The number of benzene rings is 1. The van der Waals surface area contributed by atoms with Gasteiger partial charge in [0.25, 0.3) is 0 Å². The fourth-order valence-electron chi connectivity index (χ4n) is 5.36. The van der Waals surface area contributed by atoms with Crippen molar-refractivity contribution in [3.63, 3.8) is 0 Å². The van der Waals surface area contributed by atoms with Crippen molar-refractivity contribution in [2.24, 2.45) is 0 Å². The third-order valence-electron chi connectivity index (χ3n) is 7.05. The zero-order chi connectivity index (χ0) is 28.3. The average Bonchev–Trinajstić information content (AvgIpc) is 3.24. The molecule has 5 rings (SSSR count). The molecule has 212 valence electrons. The van der Waals surface area contributed by atoms with Crippen LogP contribution >= 0.6 is 11.6 Å². The van der Waals surface area contributed by atoms with Crippen molar-refractivity contribution in [2.45, 2.75) is 83.0 Å². The van der Waals surface area contributed by atoms with Gasteiger partial charge in [0.1, 0.15) is 29.9 Å². The number of amides is 2. The Kier molecular flexibility index (Phi) is 8.25. The SMILES string of the molecule is CC(C)(C)OC(=O)NCC(=O)NC1Cc2cc(Cl)ccc2-n2c(nnc2C2CCC(Oc3ccccn3)CC2)C1. The van der Waals surface area contributed by atoms with Crippen LogP contribution in [-0.2, 0) is 22.4 Å². The van der Waals surface area contributed by atoms with Crippen molar-refractivity contribution in [2.75, 3.05) is 6.54 Å². The van der Waals surface area contributed by atoms with E-state index in [0.29, 0.717) is 23.7 Å². The summed E-state index contributed by atoms with van der Waals surface area (Å²) in [6.07, 6.45) is 5.95. The average molecular weight is 567 g/mol. The summed E-state index contributed by atoms with van der Waals surface area (Å²) in [4.78, 5) is 29.0. The molecule has 2 N–H and O–H groups in total. The lowest BCUT2D eigenvalue weighted by molar-refractivity contribution is -0.121. The first kappa shape index (κ1) is 27.9. The van der Waals surface area contributed by atoms with Gasteiger partial charge in [-0.3, -0.25) is 9.36 Å². The van der Waals surface area contributed by atoms with Crippen LogP contribution in [0.5, 0.6) is 5.88 Å². The van der Waals surface area contributed by atoms with E-state index in [-0.39, 0.29) is 30.5 Å². The Morgan fingerprint density at radius 2 is 1.88 bits per heavy atom. The molecular weight excluding hydrogens is 532 g/mol. The van der Waals surface area contributed by atoms with E-state index in [0.717, 1.165) is 48.6 Å². The van der Waals surface area contributed by atoms with Crippen molar-refractivity contribution >= 4 is 23.6 Å². The van der Waals surface area contributed by atoms with Gasteiger partial charge in [-0.1, -0.05) is 17.7 Å². The number of hydrogen-bond acceptors (Lipinski definition) is 7. The molecule has 0 radical (unpaired) electrons. The number of halogens is 1. The van der Waals surface area contributed by atoms with Gasteiger partial charge >= 0.3 is 6.09 Å². The highest BCUT2D eigenvalue weighted by molar-refractivity contribution is 6.30. The van der Waals surface area contributed by atoms with Crippen molar-refractivity contribution in [3.8, 4) is 11.6 Å². The predicted molar refractivity (Wildman–Crippen MR) is 150 cm³/mol. The highest BCUT2D eigenvalue weighted by Crippen LogP contribution is 2.37. The van der Waals surface area contributed by atoms with Crippen molar-refractivity contribution in [1.82, 2.24) is 30.4 Å². The molecule has 1 aromatic carbocycles. The lowest BCUT2D eigenvalue weighted by Gasteiger charge is -2.28. The van der Waals surface area contributed by atoms with E-state index in [9.17, 15) is 9.59 Å². The third-order valence-corrected chi connectivity index (χ3v) is 7.29. The number of ether oxygens (including phenoxy) is 2. The number of fused-ring (bicyclic) bond motifs is 3. The van der Waals surface area contributed by atoms with Crippen LogP contribution in [0.1, 0.15) is 69.6 Å². The molecule has 1 atom stereocenters. The second-order valence-electron chi connectivity index (χ2n) is 11.4. The van der Waals surface area contributed by atoms with Crippen LogP contribution < -0.4 is 15.4 Å². The summed E-state index contributed by atoms with van der Waals surface area (Å²) in [6.45, 7) is 5.13. The lowest BCUT2D eigenvalue weighted by atomic mass is 9.86. The molecule has 0 spiro atoms. The lowest BCUT2D eigenvalue weighted by Crippen LogP contribution is -2.44. The van der Waals surface area contributed by atoms with Gasteiger partial charge in [0, 0.05) is 35.7 Å². The van der Waals surface area contributed by atoms with Crippen LogP contribution in [0, 0.1) is 0 Å². The predicted octanol–water partition coefficient (Wildman–Crippen LogP) is 4.53. The summed E-state index contributed by atoms with van der Waals surface area (Å²) in [6, 6.07) is 11.2. The highest BCUT2D eigenvalue weighted by Gasteiger charge is 2.32. The molecule has 0 saturated heterocycles. The molecule has 1 aliphatic carbocycles. The van der Waals surface area contributed by atoms with Crippen LogP contribution in [0.15, 0.2) is 42.6 Å². The molecule has 1 aliphatic heterocycles. The van der Waals surface area contributed by atoms with Crippen LogP contribution in [0.25, 0.3) is 5.69 Å². The van der Waals surface area contributed by atoms with Gasteiger partial charge in [-0.25, -0.2) is 9.78 Å². The number of rotatable bonds is 6. The Labute approximate surface area is 238 Å². The van der Waals surface area contributed by atoms with Crippen LogP contribution in [0.2, 0.25) is 5.02 Å². The van der Waals surface area contributed by atoms with Gasteiger partial charge in [-0.15, -0.1) is 10.2 Å². The molecule has 2 aliphatic rings. The van der Waals surface area contributed by atoms with Gasteiger partial charge < -0.3 is 20.1 Å². The van der Waals surface area contributed by atoms with E-state index in [1.54, 1.807) is 27.0 Å². The van der Waals surface area contributed by atoms with Crippen molar-refractivity contribution in [3.05, 3.63) is 64.8 Å². The van der Waals surface area contributed by atoms with Crippen molar-refractivity contribution < 1.29 is 19.1 Å². The number of aromatic nitrogens is 4. The van der Waals surface area contributed by atoms with Crippen LogP contribution in [0.3, 0.4) is 0 Å². The summed E-state index contributed by atoms with van der Waals surface area (Å²) in [5, 5.41) is 15.4. The second-order valence-corrected chi connectivity index (χ2v) is 11.8. The van der Waals surface area contributed by atoms with Crippen LogP contribution in [0.4, 0.5) is 4.79 Å². The molecule has 1 unspecified atom stereocenters. The molecule has 10 nitrogen and oxygen atoms in total. The number of alkyl carbamates (subject to hydrolysis) is 1.